The first-order valence-corrected chi connectivity index (χ1v) is 10.5. The van der Waals surface area contributed by atoms with E-state index in [1.807, 2.05) is 26.0 Å². The number of amides is 1. The van der Waals surface area contributed by atoms with E-state index in [-0.39, 0.29) is 18.2 Å². The Morgan fingerprint density at radius 1 is 1.12 bits per heavy atom. The van der Waals surface area contributed by atoms with Crippen molar-refractivity contribution in [3.63, 3.8) is 0 Å². The maximum Gasteiger partial charge on any atom is 0.416 e. The molecule has 0 aliphatic heterocycles. The van der Waals surface area contributed by atoms with Crippen LogP contribution in [0.3, 0.4) is 0 Å². The van der Waals surface area contributed by atoms with Gasteiger partial charge in [-0.05, 0) is 67.6 Å². The quantitative estimate of drug-likeness (QED) is 0.448. The standard InChI is InChI=1S/C24H27F3N4O2/c1-13-9-21-20(12-19(13)14(2)10-22(32)31-33-5)23(30-16(4)29-21)28-15(3)17-7-6-8-18(11-17)24(25,26)27/h6-9,11-12,14-15H,10H2,1-5H3,(H,31,32)(H,28,29,30)/t14?,15-/m1/s1. The Morgan fingerprint density at radius 2 is 1.85 bits per heavy atom. The molecule has 0 aliphatic carbocycles. The molecule has 1 unspecified atom stereocenters. The number of nitrogens with zero attached hydrogens (tertiary/aromatic N) is 2. The second kappa shape index (κ2) is 9.74. The molecule has 2 aromatic carbocycles. The third-order valence-electron chi connectivity index (χ3n) is 5.50. The first-order valence-electron chi connectivity index (χ1n) is 10.5. The number of carbonyl (C=O) groups excluding carboxylic acids is 1. The lowest BCUT2D eigenvalue weighted by Crippen LogP contribution is -2.23. The Morgan fingerprint density at radius 3 is 2.52 bits per heavy atom. The summed E-state index contributed by atoms with van der Waals surface area (Å²) in [5.74, 6) is 0.735. The van der Waals surface area contributed by atoms with Gasteiger partial charge in [-0.15, -0.1) is 0 Å². The van der Waals surface area contributed by atoms with E-state index >= 15 is 0 Å². The summed E-state index contributed by atoms with van der Waals surface area (Å²) < 4.78 is 39.4. The van der Waals surface area contributed by atoms with Gasteiger partial charge in [-0.25, -0.2) is 15.4 Å². The van der Waals surface area contributed by atoms with Crippen LogP contribution in [0.1, 0.15) is 60.3 Å². The van der Waals surface area contributed by atoms with Gasteiger partial charge in [0, 0.05) is 17.8 Å². The Labute approximate surface area is 190 Å². The Kier molecular flexibility index (Phi) is 7.22. The number of aromatic nitrogens is 2. The largest absolute Gasteiger partial charge is 0.416 e. The van der Waals surface area contributed by atoms with Crippen molar-refractivity contribution in [2.24, 2.45) is 0 Å². The van der Waals surface area contributed by atoms with Crippen LogP contribution < -0.4 is 10.8 Å². The highest BCUT2D eigenvalue weighted by Crippen LogP contribution is 2.33. The lowest BCUT2D eigenvalue weighted by molar-refractivity contribution is -0.137. The number of aryl methyl sites for hydroxylation is 2. The number of carbonyl (C=O) groups is 1. The van der Waals surface area contributed by atoms with E-state index < -0.39 is 17.8 Å². The zero-order chi connectivity index (χ0) is 24.3. The lowest BCUT2D eigenvalue weighted by Gasteiger charge is -2.20. The minimum atomic E-state index is -4.41. The Hall–Kier alpha value is -3.20. The fourth-order valence-corrected chi connectivity index (χ4v) is 3.87. The van der Waals surface area contributed by atoms with Crippen LogP contribution in [0.2, 0.25) is 0 Å². The summed E-state index contributed by atoms with van der Waals surface area (Å²) in [4.78, 5) is 25.7. The van der Waals surface area contributed by atoms with Gasteiger partial charge in [0.25, 0.3) is 0 Å². The van der Waals surface area contributed by atoms with Gasteiger partial charge < -0.3 is 5.32 Å². The average Bonchev–Trinajstić information content (AvgIpc) is 2.72. The molecule has 0 aliphatic rings. The average molecular weight is 461 g/mol. The number of alkyl halides is 3. The number of hydroxylamine groups is 1. The monoisotopic (exact) mass is 460 g/mol. The van der Waals surface area contributed by atoms with Crippen LogP contribution in [0.25, 0.3) is 10.9 Å². The SMILES string of the molecule is CONC(=O)CC(C)c1cc2c(N[C@H](C)c3cccc(C(F)(F)F)c3)nc(C)nc2cc1C. The number of fused-ring (bicyclic) bond motifs is 1. The highest BCUT2D eigenvalue weighted by atomic mass is 19.4. The molecule has 1 aromatic heterocycles. The van der Waals surface area contributed by atoms with Gasteiger partial charge in [0.2, 0.25) is 5.91 Å². The summed E-state index contributed by atoms with van der Waals surface area (Å²) >= 11 is 0. The molecule has 33 heavy (non-hydrogen) atoms. The number of hydrogen-bond acceptors (Lipinski definition) is 5. The highest BCUT2D eigenvalue weighted by Gasteiger charge is 2.30. The molecule has 6 nitrogen and oxygen atoms in total. The number of rotatable bonds is 7. The third-order valence-corrected chi connectivity index (χ3v) is 5.50. The summed E-state index contributed by atoms with van der Waals surface area (Å²) in [6.45, 7) is 7.44. The summed E-state index contributed by atoms with van der Waals surface area (Å²) in [5, 5.41) is 3.98. The van der Waals surface area contributed by atoms with E-state index in [2.05, 4.69) is 25.6 Å². The molecule has 1 amide bonds. The Bertz CT molecular complexity index is 1160. The molecule has 0 saturated heterocycles. The van der Waals surface area contributed by atoms with Crippen LogP contribution in [0.5, 0.6) is 0 Å². The topological polar surface area (TPSA) is 76.1 Å². The molecule has 2 N–H and O–H groups in total. The normalized spacial score (nSPS) is 13.6. The molecule has 3 aromatic rings. The van der Waals surface area contributed by atoms with Crippen molar-refractivity contribution in [3.8, 4) is 0 Å². The molecule has 0 fully saturated rings. The minimum Gasteiger partial charge on any atom is -0.363 e. The fourth-order valence-electron chi connectivity index (χ4n) is 3.87. The number of anilines is 1. The maximum absolute atomic E-state index is 13.1. The molecular formula is C24H27F3N4O2. The zero-order valence-electron chi connectivity index (χ0n) is 19.2. The van der Waals surface area contributed by atoms with Crippen LogP contribution in [-0.4, -0.2) is 23.0 Å². The Balaban J connectivity index is 1.98. The van der Waals surface area contributed by atoms with Crippen LogP contribution in [0.4, 0.5) is 19.0 Å². The van der Waals surface area contributed by atoms with Crippen molar-refractivity contribution < 1.29 is 22.8 Å². The second-order valence-electron chi connectivity index (χ2n) is 8.17. The number of benzene rings is 2. The van der Waals surface area contributed by atoms with Gasteiger partial charge in [-0.1, -0.05) is 19.1 Å². The van der Waals surface area contributed by atoms with E-state index in [9.17, 15) is 18.0 Å². The van der Waals surface area contributed by atoms with Crippen molar-refractivity contribution in [2.75, 3.05) is 12.4 Å². The van der Waals surface area contributed by atoms with E-state index in [0.29, 0.717) is 17.2 Å². The smallest absolute Gasteiger partial charge is 0.363 e. The van der Waals surface area contributed by atoms with Gasteiger partial charge in [0.05, 0.1) is 18.2 Å². The molecular weight excluding hydrogens is 433 g/mol. The zero-order valence-corrected chi connectivity index (χ0v) is 19.2. The van der Waals surface area contributed by atoms with E-state index in [1.54, 1.807) is 19.9 Å². The molecule has 1 heterocycles. The van der Waals surface area contributed by atoms with Crippen LogP contribution in [-0.2, 0) is 15.8 Å². The molecule has 0 saturated carbocycles. The van der Waals surface area contributed by atoms with Gasteiger partial charge in [0.1, 0.15) is 11.6 Å². The second-order valence-corrected chi connectivity index (χ2v) is 8.17. The minimum absolute atomic E-state index is 0.0976. The lowest BCUT2D eigenvalue weighted by atomic mass is 9.92. The van der Waals surface area contributed by atoms with Crippen LogP contribution in [0, 0.1) is 13.8 Å². The van der Waals surface area contributed by atoms with Gasteiger partial charge in [-0.3, -0.25) is 9.63 Å². The number of hydrogen-bond donors (Lipinski definition) is 2. The van der Waals surface area contributed by atoms with Crippen molar-refractivity contribution in [1.82, 2.24) is 15.4 Å². The van der Waals surface area contributed by atoms with Crippen molar-refractivity contribution in [2.45, 2.75) is 52.3 Å². The molecule has 3 rings (SSSR count). The fraction of sp³-hybridized carbons (Fsp3) is 0.375. The molecule has 176 valence electrons. The van der Waals surface area contributed by atoms with Crippen molar-refractivity contribution in [1.29, 1.82) is 0 Å². The molecule has 0 bridgehead atoms. The summed E-state index contributed by atoms with van der Waals surface area (Å²) in [6.07, 6.45) is -4.18. The highest BCUT2D eigenvalue weighted by molar-refractivity contribution is 5.90. The van der Waals surface area contributed by atoms with E-state index in [4.69, 9.17) is 0 Å². The van der Waals surface area contributed by atoms with Crippen molar-refractivity contribution in [3.05, 3.63) is 64.5 Å². The van der Waals surface area contributed by atoms with Crippen LogP contribution in [0.15, 0.2) is 36.4 Å². The molecule has 0 radical (unpaired) electrons. The summed E-state index contributed by atoms with van der Waals surface area (Å²) in [7, 11) is 1.38. The third kappa shape index (κ3) is 5.78. The predicted octanol–water partition coefficient (Wildman–Crippen LogP) is 5.61. The first-order chi connectivity index (χ1) is 15.5. The first kappa shape index (κ1) is 24.4. The molecule has 0 spiro atoms. The molecule has 2 atom stereocenters. The van der Waals surface area contributed by atoms with E-state index in [0.717, 1.165) is 34.2 Å². The van der Waals surface area contributed by atoms with E-state index in [1.165, 1.54) is 13.2 Å². The summed E-state index contributed by atoms with van der Waals surface area (Å²) in [6, 6.07) is 8.68. The van der Waals surface area contributed by atoms with Crippen LogP contribution >= 0.6 is 0 Å². The van der Waals surface area contributed by atoms with Crippen molar-refractivity contribution >= 4 is 22.6 Å². The van der Waals surface area contributed by atoms with Gasteiger partial charge in [-0.2, -0.15) is 13.2 Å². The number of nitrogens with one attached hydrogen (secondary N) is 2. The predicted molar refractivity (Wildman–Crippen MR) is 121 cm³/mol. The summed E-state index contributed by atoms with van der Waals surface area (Å²) in [5.41, 5.74) is 4.78. The molecule has 9 heteroatoms. The maximum atomic E-state index is 13.1. The van der Waals surface area contributed by atoms with Gasteiger partial charge in [0.15, 0.2) is 0 Å². The van der Waals surface area contributed by atoms with Gasteiger partial charge >= 0.3 is 6.18 Å². The number of halogens is 3.